The second-order valence-corrected chi connectivity index (χ2v) is 4.97. The molecule has 5 heteroatoms. The monoisotopic (exact) mass is 307 g/mol. The van der Waals surface area contributed by atoms with E-state index < -0.39 is 0 Å². The molecule has 1 amide bonds. The Morgan fingerprint density at radius 3 is 2.35 bits per heavy atom. The van der Waals surface area contributed by atoms with Gasteiger partial charge in [-0.25, -0.2) is 9.97 Å². The fraction of sp³-hybridized carbons (Fsp3) is 0.167. The molecule has 3 aromatic rings. The predicted molar refractivity (Wildman–Crippen MR) is 88.3 cm³/mol. The number of ether oxygens (including phenoxy) is 1. The second-order valence-electron chi connectivity index (χ2n) is 4.97. The number of rotatable bonds is 5. The van der Waals surface area contributed by atoms with Crippen LogP contribution in [0.4, 0.5) is 0 Å². The average Bonchev–Trinajstić information content (AvgIpc) is 2.60. The van der Waals surface area contributed by atoms with E-state index in [9.17, 15) is 4.79 Å². The van der Waals surface area contributed by atoms with E-state index in [1.165, 1.54) is 0 Å². The Morgan fingerprint density at radius 2 is 1.65 bits per heavy atom. The van der Waals surface area contributed by atoms with Crippen molar-refractivity contribution in [3.8, 4) is 5.88 Å². The molecule has 0 spiro atoms. The Balaban J connectivity index is 1.87. The van der Waals surface area contributed by atoms with Gasteiger partial charge in [0.1, 0.15) is 0 Å². The molecule has 5 nitrogen and oxygen atoms in total. The smallest absolute Gasteiger partial charge is 0.275 e. The SMILES string of the molecule is CCOc1nc2ccccc2nc1C(=O)NCc1ccccc1. The third kappa shape index (κ3) is 3.45. The molecule has 116 valence electrons. The third-order valence-electron chi connectivity index (χ3n) is 3.33. The summed E-state index contributed by atoms with van der Waals surface area (Å²) in [5, 5.41) is 2.86. The van der Waals surface area contributed by atoms with Crippen molar-refractivity contribution in [3.63, 3.8) is 0 Å². The van der Waals surface area contributed by atoms with E-state index in [2.05, 4.69) is 15.3 Å². The van der Waals surface area contributed by atoms with Crippen molar-refractivity contribution in [2.45, 2.75) is 13.5 Å². The van der Waals surface area contributed by atoms with Crippen molar-refractivity contribution in [1.29, 1.82) is 0 Å². The molecule has 0 saturated carbocycles. The number of carbonyl (C=O) groups excluding carboxylic acids is 1. The summed E-state index contributed by atoms with van der Waals surface area (Å²) in [6.07, 6.45) is 0. The van der Waals surface area contributed by atoms with Gasteiger partial charge in [-0.15, -0.1) is 0 Å². The molecule has 0 aliphatic carbocycles. The Labute approximate surface area is 134 Å². The van der Waals surface area contributed by atoms with Crippen LogP contribution in [-0.2, 0) is 6.54 Å². The third-order valence-corrected chi connectivity index (χ3v) is 3.33. The summed E-state index contributed by atoms with van der Waals surface area (Å²) in [6, 6.07) is 17.1. The van der Waals surface area contributed by atoms with Gasteiger partial charge < -0.3 is 10.1 Å². The van der Waals surface area contributed by atoms with Gasteiger partial charge in [0.2, 0.25) is 5.88 Å². The highest BCUT2D eigenvalue weighted by Gasteiger charge is 2.17. The average molecular weight is 307 g/mol. The van der Waals surface area contributed by atoms with Crippen LogP contribution in [0.5, 0.6) is 5.88 Å². The topological polar surface area (TPSA) is 64.1 Å². The highest BCUT2D eigenvalue weighted by Crippen LogP contribution is 2.19. The van der Waals surface area contributed by atoms with Gasteiger partial charge in [-0.05, 0) is 24.6 Å². The lowest BCUT2D eigenvalue weighted by Gasteiger charge is -2.10. The number of aromatic nitrogens is 2. The van der Waals surface area contributed by atoms with Crippen molar-refractivity contribution in [2.24, 2.45) is 0 Å². The molecule has 3 rings (SSSR count). The highest BCUT2D eigenvalue weighted by atomic mass is 16.5. The zero-order chi connectivity index (χ0) is 16.1. The van der Waals surface area contributed by atoms with E-state index >= 15 is 0 Å². The van der Waals surface area contributed by atoms with E-state index in [1.54, 1.807) is 0 Å². The van der Waals surface area contributed by atoms with Crippen LogP contribution in [0.1, 0.15) is 23.0 Å². The molecule has 0 aliphatic rings. The molecule has 0 radical (unpaired) electrons. The maximum Gasteiger partial charge on any atom is 0.275 e. The van der Waals surface area contributed by atoms with Gasteiger partial charge in [0.25, 0.3) is 5.91 Å². The summed E-state index contributed by atoms with van der Waals surface area (Å²) >= 11 is 0. The summed E-state index contributed by atoms with van der Waals surface area (Å²) in [4.78, 5) is 21.3. The Morgan fingerprint density at radius 1 is 1.00 bits per heavy atom. The van der Waals surface area contributed by atoms with Crippen LogP contribution in [0.2, 0.25) is 0 Å². The number of para-hydroxylation sites is 2. The van der Waals surface area contributed by atoms with Crippen molar-refractivity contribution in [1.82, 2.24) is 15.3 Å². The van der Waals surface area contributed by atoms with Crippen LogP contribution in [0.25, 0.3) is 11.0 Å². The molecule has 0 atom stereocenters. The molecule has 1 heterocycles. The summed E-state index contributed by atoms with van der Waals surface area (Å²) in [7, 11) is 0. The van der Waals surface area contributed by atoms with Crippen LogP contribution in [-0.4, -0.2) is 22.5 Å². The summed E-state index contributed by atoms with van der Waals surface area (Å²) < 4.78 is 5.48. The highest BCUT2D eigenvalue weighted by molar-refractivity contribution is 5.96. The summed E-state index contributed by atoms with van der Waals surface area (Å²) in [6.45, 7) is 2.70. The number of nitrogens with one attached hydrogen (secondary N) is 1. The minimum atomic E-state index is -0.296. The first-order chi connectivity index (χ1) is 11.3. The first-order valence-corrected chi connectivity index (χ1v) is 7.49. The van der Waals surface area contributed by atoms with Crippen LogP contribution >= 0.6 is 0 Å². The molecule has 0 aliphatic heterocycles. The molecular weight excluding hydrogens is 290 g/mol. The van der Waals surface area contributed by atoms with Crippen LogP contribution in [0, 0.1) is 0 Å². The van der Waals surface area contributed by atoms with E-state index in [0.717, 1.165) is 5.56 Å². The number of carbonyl (C=O) groups is 1. The Hall–Kier alpha value is -2.95. The first kappa shape index (κ1) is 15.0. The molecule has 2 aromatic carbocycles. The minimum Gasteiger partial charge on any atom is -0.476 e. The molecule has 0 saturated heterocycles. The van der Waals surface area contributed by atoms with Gasteiger partial charge in [-0.1, -0.05) is 42.5 Å². The molecule has 0 fully saturated rings. The number of hydrogen-bond acceptors (Lipinski definition) is 4. The number of benzene rings is 2. The lowest BCUT2D eigenvalue weighted by atomic mass is 10.2. The zero-order valence-corrected chi connectivity index (χ0v) is 12.8. The van der Waals surface area contributed by atoms with E-state index in [-0.39, 0.29) is 17.5 Å². The zero-order valence-electron chi connectivity index (χ0n) is 12.8. The van der Waals surface area contributed by atoms with Crippen molar-refractivity contribution in [3.05, 3.63) is 65.9 Å². The molecule has 0 bridgehead atoms. The fourth-order valence-corrected chi connectivity index (χ4v) is 2.23. The van der Waals surface area contributed by atoms with E-state index in [0.29, 0.717) is 24.2 Å². The van der Waals surface area contributed by atoms with Crippen LogP contribution in [0.3, 0.4) is 0 Å². The number of hydrogen-bond donors (Lipinski definition) is 1. The fourth-order valence-electron chi connectivity index (χ4n) is 2.23. The maximum atomic E-state index is 12.5. The Bertz CT molecular complexity index is 819. The van der Waals surface area contributed by atoms with Gasteiger partial charge in [0.05, 0.1) is 17.6 Å². The number of amides is 1. The molecule has 1 aromatic heterocycles. The van der Waals surface area contributed by atoms with Crippen molar-refractivity contribution >= 4 is 16.9 Å². The van der Waals surface area contributed by atoms with Crippen LogP contribution < -0.4 is 10.1 Å². The van der Waals surface area contributed by atoms with Gasteiger partial charge >= 0.3 is 0 Å². The van der Waals surface area contributed by atoms with Gasteiger partial charge in [-0.3, -0.25) is 4.79 Å². The normalized spacial score (nSPS) is 10.5. The predicted octanol–water partition coefficient (Wildman–Crippen LogP) is 2.96. The summed E-state index contributed by atoms with van der Waals surface area (Å²) in [5.74, 6) is -0.0349. The largest absolute Gasteiger partial charge is 0.476 e. The van der Waals surface area contributed by atoms with Gasteiger partial charge in [-0.2, -0.15) is 0 Å². The number of fused-ring (bicyclic) bond motifs is 1. The Kier molecular flexibility index (Phi) is 4.47. The molecular formula is C18H17N3O2. The van der Waals surface area contributed by atoms with Crippen molar-refractivity contribution < 1.29 is 9.53 Å². The van der Waals surface area contributed by atoms with E-state index in [4.69, 9.17) is 4.74 Å². The quantitative estimate of drug-likeness (QED) is 0.787. The maximum absolute atomic E-state index is 12.5. The van der Waals surface area contributed by atoms with E-state index in [1.807, 2.05) is 61.5 Å². The van der Waals surface area contributed by atoms with Gasteiger partial charge in [0.15, 0.2) is 5.69 Å². The van der Waals surface area contributed by atoms with Gasteiger partial charge in [0, 0.05) is 6.54 Å². The lowest BCUT2D eigenvalue weighted by Crippen LogP contribution is -2.25. The second kappa shape index (κ2) is 6.87. The standard InChI is InChI=1S/C18H17N3O2/c1-2-23-18-16(20-14-10-6-7-11-15(14)21-18)17(22)19-12-13-8-4-3-5-9-13/h3-11H,2,12H2,1H3,(H,19,22). The van der Waals surface area contributed by atoms with Crippen molar-refractivity contribution in [2.75, 3.05) is 6.61 Å². The molecule has 23 heavy (non-hydrogen) atoms. The molecule has 1 N–H and O–H groups in total. The first-order valence-electron chi connectivity index (χ1n) is 7.49. The molecule has 0 unspecified atom stereocenters. The minimum absolute atomic E-state index is 0.210. The lowest BCUT2D eigenvalue weighted by molar-refractivity contribution is 0.0941. The number of nitrogens with zero attached hydrogens (tertiary/aromatic N) is 2. The van der Waals surface area contributed by atoms with Crippen LogP contribution in [0.15, 0.2) is 54.6 Å². The summed E-state index contributed by atoms with van der Waals surface area (Å²) in [5.41, 5.74) is 2.60.